The average Bonchev–Trinajstić information content (AvgIpc) is 3.16. The first-order chi connectivity index (χ1) is 11.8. The minimum Gasteiger partial charge on any atom is -0.322 e. The Kier molecular flexibility index (Phi) is 3.47. The lowest BCUT2D eigenvalue weighted by molar-refractivity contribution is 0.102. The molecule has 0 radical (unpaired) electrons. The van der Waals surface area contributed by atoms with Gasteiger partial charge in [0.25, 0.3) is 5.91 Å². The van der Waals surface area contributed by atoms with Gasteiger partial charge in [0.15, 0.2) is 0 Å². The fourth-order valence-corrected chi connectivity index (χ4v) is 2.60. The maximum absolute atomic E-state index is 12.6. The lowest BCUT2D eigenvalue weighted by atomic mass is 10.0. The number of tetrazole rings is 1. The van der Waals surface area contributed by atoms with Gasteiger partial charge in [-0.3, -0.25) is 4.79 Å². The molecule has 0 saturated carbocycles. The van der Waals surface area contributed by atoms with Gasteiger partial charge in [-0.15, -0.1) is 5.10 Å². The number of rotatable bonds is 3. The van der Waals surface area contributed by atoms with Crippen molar-refractivity contribution >= 4 is 22.4 Å². The van der Waals surface area contributed by atoms with Crippen molar-refractivity contribution in [1.29, 1.82) is 0 Å². The molecular formula is C18H13N5O. The van der Waals surface area contributed by atoms with Crippen molar-refractivity contribution in [1.82, 2.24) is 20.2 Å². The van der Waals surface area contributed by atoms with Gasteiger partial charge in [-0.2, -0.15) is 0 Å². The summed E-state index contributed by atoms with van der Waals surface area (Å²) in [5, 5.41) is 15.9. The zero-order valence-corrected chi connectivity index (χ0v) is 12.6. The highest BCUT2D eigenvalue weighted by molar-refractivity contribution is 6.12. The Bertz CT molecular complexity index is 988. The molecule has 0 bridgehead atoms. The van der Waals surface area contributed by atoms with Crippen LogP contribution < -0.4 is 5.32 Å². The fraction of sp³-hybridized carbons (Fsp3) is 0. The number of aromatic nitrogens is 4. The first-order valence-corrected chi connectivity index (χ1v) is 7.44. The topological polar surface area (TPSA) is 72.7 Å². The van der Waals surface area contributed by atoms with Gasteiger partial charge < -0.3 is 5.32 Å². The van der Waals surface area contributed by atoms with Gasteiger partial charge in [-0.25, -0.2) is 4.68 Å². The standard InChI is InChI=1S/C18H13N5O/c24-18(17-7-3-5-13-4-1-2-6-16(13)17)20-14-8-10-15(11-9-14)23-12-19-21-22-23/h1-12H,(H,20,24). The molecule has 0 unspecified atom stereocenters. The minimum absolute atomic E-state index is 0.137. The quantitative estimate of drug-likeness (QED) is 0.630. The summed E-state index contributed by atoms with van der Waals surface area (Å²) in [7, 11) is 0. The first-order valence-electron chi connectivity index (χ1n) is 7.44. The van der Waals surface area contributed by atoms with E-state index in [9.17, 15) is 4.79 Å². The number of hydrogen-bond acceptors (Lipinski definition) is 4. The summed E-state index contributed by atoms with van der Waals surface area (Å²) in [5.41, 5.74) is 2.19. The van der Waals surface area contributed by atoms with E-state index < -0.39 is 0 Å². The van der Waals surface area contributed by atoms with Gasteiger partial charge >= 0.3 is 0 Å². The molecule has 0 fully saturated rings. The molecule has 0 saturated heterocycles. The highest BCUT2D eigenvalue weighted by Gasteiger charge is 2.10. The smallest absolute Gasteiger partial charge is 0.256 e. The van der Waals surface area contributed by atoms with Crippen LogP contribution in [0.15, 0.2) is 73.1 Å². The second kappa shape index (κ2) is 5.92. The van der Waals surface area contributed by atoms with Crippen LogP contribution in [0, 0.1) is 0 Å². The van der Waals surface area contributed by atoms with E-state index >= 15 is 0 Å². The van der Waals surface area contributed by atoms with Crippen LogP contribution in [0.4, 0.5) is 5.69 Å². The van der Waals surface area contributed by atoms with E-state index in [0.717, 1.165) is 16.5 Å². The Morgan fingerprint density at radius 3 is 2.50 bits per heavy atom. The third-order valence-corrected chi connectivity index (χ3v) is 3.77. The van der Waals surface area contributed by atoms with Crippen molar-refractivity contribution in [3.05, 3.63) is 78.6 Å². The molecule has 4 aromatic rings. The summed E-state index contributed by atoms with van der Waals surface area (Å²) in [6.07, 6.45) is 1.52. The number of nitrogens with zero attached hydrogens (tertiary/aromatic N) is 4. The largest absolute Gasteiger partial charge is 0.322 e. The average molecular weight is 315 g/mol. The molecule has 1 heterocycles. The zero-order valence-electron chi connectivity index (χ0n) is 12.6. The molecule has 0 aliphatic heterocycles. The number of fused-ring (bicyclic) bond motifs is 1. The summed E-state index contributed by atoms with van der Waals surface area (Å²) >= 11 is 0. The number of anilines is 1. The molecule has 116 valence electrons. The summed E-state index contributed by atoms with van der Waals surface area (Å²) in [6, 6.07) is 20.9. The molecule has 0 aliphatic rings. The summed E-state index contributed by atoms with van der Waals surface area (Å²) in [6.45, 7) is 0. The predicted molar refractivity (Wildman–Crippen MR) is 91.1 cm³/mol. The predicted octanol–water partition coefficient (Wildman–Crippen LogP) is 3.07. The van der Waals surface area contributed by atoms with E-state index in [-0.39, 0.29) is 5.91 Å². The Labute approximate surface area is 137 Å². The molecule has 1 amide bonds. The van der Waals surface area contributed by atoms with Gasteiger partial charge in [0, 0.05) is 11.3 Å². The SMILES string of the molecule is O=C(Nc1ccc(-n2cnnn2)cc1)c1cccc2ccccc12. The third-order valence-electron chi connectivity index (χ3n) is 3.77. The van der Waals surface area contributed by atoms with E-state index in [0.29, 0.717) is 11.3 Å². The lowest BCUT2D eigenvalue weighted by Crippen LogP contribution is -2.12. The number of hydrogen-bond donors (Lipinski definition) is 1. The van der Waals surface area contributed by atoms with Crippen molar-refractivity contribution < 1.29 is 4.79 Å². The Hall–Kier alpha value is -3.54. The van der Waals surface area contributed by atoms with Crippen LogP contribution in [0.5, 0.6) is 0 Å². The normalized spacial score (nSPS) is 10.7. The second-order valence-electron chi connectivity index (χ2n) is 5.28. The van der Waals surface area contributed by atoms with Gasteiger partial charge in [0.1, 0.15) is 6.33 Å². The third kappa shape index (κ3) is 2.61. The summed E-state index contributed by atoms with van der Waals surface area (Å²) < 4.78 is 1.55. The molecule has 0 aliphatic carbocycles. The van der Waals surface area contributed by atoms with Crippen molar-refractivity contribution in [2.75, 3.05) is 5.32 Å². The van der Waals surface area contributed by atoms with E-state index in [2.05, 4.69) is 20.8 Å². The monoisotopic (exact) mass is 315 g/mol. The van der Waals surface area contributed by atoms with Crippen molar-refractivity contribution in [2.24, 2.45) is 0 Å². The van der Waals surface area contributed by atoms with Gasteiger partial charge in [0.05, 0.1) is 5.69 Å². The lowest BCUT2D eigenvalue weighted by Gasteiger charge is -2.08. The highest BCUT2D eigenvalue weighted by Crippen LogP contribution is 2.20. The van der Waals surface area contributed by atoms with Crippen LogP contribution in [-0.4, -0.2) is 26.1 Å². The van der Waals surface area contributed by atoms with Crippen molar-refractivity contribution in [2.45, 2.75) is 0 Å². The number of benzene rings is 3. The highest BCUT2D eigenvalue weighted by atomic mass is 16.1. The summed E-state index contributed by atoms with van der Waals surface area (Å²) in [5.74, 6) is -0.137. The van der Waals surface area contributed by atoms with Crippen molar-refractivity contribution in [3.8, 4) is 5.69 Å². The van der Waals surface area contributed by atoms with Crippen LogP contribution in [-0.2, 0) is 0 Å². The Morgan fingerprint density at radius 1 is 0.917 bits per heavy atom. The van der Waals surface area contributed by atoms with Crippen LogP contribution in [0.3, 0.4) is 0 Å². The Morgan fingerprint density at radius 2 is 1.71 bits per heavy atom. The first kappa shape index (κ1) is 14.1. The molecule has 4 rings (SSSR count). The molecule has 6 nitrogen and oxygen atoms in total. The van der Waals surface area contributed by atoms with E-state index in [1.165, 1.54) is 6.33 Å². The van der Waals surface area contributed by atoms with E-state index in [1.807, 2.05) is 66.7 Å². The number of carbonyl (C=O) groups excluding carboxylic acids is 1. The zero-order chi connectivity index (χ0) is 16.4. The van der Waals surface area contributed by atoms with Gasteiger partial charge in [-0.1, -0.05) is 36.4 Å². The molecule has 0 spiro atoms. The van der Waals surface area contributed by atoms with Gasteiger partial charge in [-0.05, 0) is 51.5 Å². The van der Waals surface area contributed by atoms with E-state index in [1.54, 1.807) is 4.68 Å². The molecule has 0 atom stereocenters. The summed E-state index contributed by atoms with van der Waals surface area (Å²) in [4.78, 5) is 12.6. The maximum atomic E-state index is 12.6. The maximum Gasteiger partial charge on any atom is 0.256 e. The van der Waals surface area contributed by atoms with Crippen molar-refractivity contribution in [3.63, 3.8) is 0 Å². The number of nitrogens with one attached hydrogen (secondary N) is 1. The van der Waals surface area contributed by atoms with Crippen LogP contribution in [0.2, 0.25) is 0 Å². The number of carbonyl (C=O) groups is 1. The van der Waals surface area contributed by atoms with Crippen LogP contribution in [0.1, 0.15) is 10.4 Å². The molecule has 6 heteroatoms. The number of amides is 1. The fourth-order valence-electron chi connectivity index (χ4n) is 2.60. The molecule has 1 aromatic heterocycles. The molecule has 24 heavy (non-hydrogen) atoms. The van der Waals surface area contributed by atoms with Gasteiger partial charge in [0.2, 0.25) is 0 Å². The Balaban J connectivity index is 1.59. The second-order valence-corrected chi connectivity index (χ2v) is 5.28. The molecular weight excluding hydrogens is 302 g/mol. The van der Waals surface area contributed by atoms with E-state index in [4.69, 9.17) is 0 Å². The van der Waals surface area contributed by atoms with Crippen LogP contribution in [0.25, 0.3) is 16.5 Å². The van der Waals surface area contributed by atoms with Crippen LogP contribution >= 0.6 is 0 Å². The molecule has 1 N–H and O–H groups in total. The minimum atomic E-state index is -0.137. The molecule has 3 aromatic carbocycles.